The van der Waals surface area contributed by atoms with Crippen molar-refractivity contribution in [2.24, 2.45) is 5.92 Å². The fourth-order valence-corrected chi connectivity index (χ4v) is 5.51. The molecule has 2 fully saturated rings. The second-order valence-electron chi connectivity index (χ2n) is 9.76. The summed E-state index contributed by atoms with van der Waals surface area (Å²) in [5, 5.41) is 4.55. The van der Waals surface area contributed by atoms with Gasteiger partial charge < -0.3 is 10.3 Å². The van der Waals surface area contributed by atoms with Gasteiger partial charge >= 0.3 is 0 Å². The fraction of sp³-hybridized carbons (Fsp3) is 0.654. The molecule has 0 saturated carbocycles. The maximum absolute atomic E-state index is 12.3. The van der Waals surface area contributed by atoms with Crippen LogP contribution in [-0.4, -0.2) is 59.5 Å². The summed E-state index contributed by atoms with van der Waals surface area (Å²) in [4.78, 5) is 21.0. The number of rotatable bonds is 8. The van der Waals surface area contributed by atoms with Gasteiger partial charge in [0.15, 0.2) is 0 Å². The number of carbonyl (C=O) groups is 1. The van der Waals surface area contributed by atoms with Gasteiger partial charge in [-0.15, -0.1) is 0 Å². The third-order valence-electron chi connectivity index (χ3n) is 7.63. The summed E-state index contributed by atoms with van der Waals surface area (Å²) in [5.41, 5.74) is 5.31. The van der Waals surface area contributed by atoms with Crippen molar-refractivity contribution in [1.82, 2.24) is 20.1 Å². The summed E-state index contributed by atoms with van der Waals surface area (Å²) >= 11 is 0. The van der Waals surface area contributed by atoms with Gasteiger partial charge in [-0.3, -0.25) is 14.6 Å². The monoisotopic (exact) mass is 424 g/mol. The Bertz CT molecular complexity index is 881. The van der Waals surface area contributed by atoms with Crippen molar-refractivity contribution in [2.75, 3.05) is 32.7 Å². The number of aromatic amines is 1. The Morgan fingerprint density at radius 3 is 2.74 bits per heavy atom. The van der Waals surface area contributed by atoms with Crippen LogP contribution < -0.4 is 5.32 Å². The van der Waals surface area contributed by atoms with Gasteiger partial charge in [0.1, 0.15) is 0 Å². The lowest BCUT2D eigenvalue weighted by atomic mass is 9.92. The minimum atomic E-state index is 0.245. The molecule has 0 bridgehead atoms. The highest BCUT2D eigenvalue weighted by Gasteiger charge is 2.24. The Morgan fingerprint density at radius 2 is 1.97 bits per heavy atom. The predicted molar refractivity (Wildman–Crippen MR) is 128 cm³/mol. The van der Waals surface area contributed by atoms with E-state index in [-0.39, 0.29) is 5.91 Å². The predicted octanol–water partition coefficient (Wildman–Crippen LogP) is 4.38. The molecule has 2 aromatic rings. The van der Waals surface area contributed by atoms with E-state index >= 15 is 0 Å². The minimum Gasteiger partial charge on any atom is -0.357 e. The molecule has 1 atom stereocenters. The Kier molecular flexibility index (Phi) is 7.34. The summed E-state index contributed by atoms with van der Waals surface area (Å²) in [5.74, 6) is 0.932. The number of H-pyrrole nitrogens is 1. The molecule has 2 aliphatic rings. The lowest BCUT2D eigenvalue weighted by molar-refractivity contribution is -0.121. The third-order valence-corrected chi connectivity index (χ3v) is 7.63. The first-order valence-corrected chi connectivity index (χ1v) is 12.3. The topological polar surface area (TPSA) is 51.4 Å². The normalized spacial score (nSPS) is 21.2. The Labute approximate surface area is 187 Å². The lowest BCUT2D eigenvalue weighted by Gasteiger charge is -2.31. The van der Waals surface area contributed by atoms with Gasteiger partial charge in [0.05, 0.1) is 0 Å². The van der Waals surface area contributed by atoms with E-state index in [0.29, 0.717) is 18.4 Å². The number of aromatic nitrogens is 1. The van der Waals surface area contributed by atoms with Gasteiger partial charge in [0.2, 0.25) is 5.91 Å². The Hall–Kier alpha value is -1.85. The number of hydrogen-bond donors (Lipinski definition) is 2. The number of hydrogen-bond acceptors (Lipinski definition) is 3. The summed E-state index contributed by atoms with van der Waals surface area (Å²) in [7, 11) is 0. The molecule has 0 spiro atoms. The summed E-state index contributed by atoms with van der Waals surface area (Å²) < 4.78 is 0. The average Bonchev–Trinajstić information content (AvgIpc) is 3.36. The summed E-state index contributed by atoms with van der Waals surface area (Å²) in [6, 6.07) is 7.21. The molecule has 0 radical (unpaired) electrons. The Morgan fingerprint density at radius 1 is 1.16 bits per heavy atom. The summed E-state index contributed by atoms with van der Waals surface area (Å²) in [6.45, 7) is 13.0. The first-order chi connectivity index (χ1) is 15.0. The number of fused-ring (bicyclic) bond motifs is 1. The zero-order valence-corrected chi connectivity index (χ0v) is 19.7. The van der Waals surface area contributed by atoms with Gasteiger partial charge in [0, 0.05) is 42.1 Å². The van der Waals surface area contributed by atoms with Crippen LogP contribution >= 0.6 is 0 Å². The van der Waals surface area contributed by atoms with Crippen LogP contribution in [0, 0.1) is 19.8 Å². The molecule has 4 rings (SSSR count). The zero-order valence-electron chi connectivity index (χ0n) is 19.7. The number of likely N-dealkylation sites (N-methyl/N-ethyl adjacent to an activating group) is 1. The van der Waals surface area contributed by atoms with Crippen molar-refractivity contribution in [1.29, 1.82) is 0 Å². The van der Waals surface area contributed by atoms with E-state index < -0.39 is 0 Å². The van der Waals surface area contributed by atoms with Gasteiger partial charge in [0.25, 0.3) is 0 Å². The first kappa shape index (κ1) is 22.3. The number of likely N-dealkylation sites (tertiary alicyclic amines) is 2. The Balaban J connectivity index is 1.18. The molecule has 31 heavy (non-hydrogen) atoms. The van der Waals surface area contributed by atoms with E-state index in [0.717, 1.165) is 39.1 Å². The van der Waals surface area contributed by atoms with Gasteiger partial charge in [-0.05, 0) is 95.7 Å². The van der Waals surface area contributed by atoms with Crippen molar-refractivity contribution >= 4 is 16.8 Å². The number of amides is 1. The first-order valence-electron chi connectivity index (χ1n) is 12.3. The highest BCUT2D eigenvalue weighted by Crippen LogP contribution is 2.27. The molecule has 0 unspecified atom stereocenters. The number of piperidine rings is 1. The zero-order chi connectivity index (χ0) is 21.8. The molecular formula is C26H40N4O. The van der Waals surface area contributed by atoms with Crippen LogP contribution in [0.4, 0.5) is 0 Å². The number of carbonyl (C=O) groups excluding carboxylic acids is 1. The fourth-order valence-electron chi connectivity index (χ4n) is 5.51. The van der Waals surface area contributed by atoms with Gasteiger partial charge in [-0.1, -0.05) is 18.6 Å². The van der Waals surface area contributed by atoms with Crippen molar-refractivity contribution in [3.63, 3.8) is 0 Å². The van der Waals surface area contributed by atoms with Crippen LogP contribution in [0.15, 0.2) is 18.2 Å². The molecule has 5 nitrogen and oxygen atoms in total. The molecule has 1 amide bonds. The SMILES string of the molecule is CCN1CCC[C@@H]1CNC(=O)CCC1CCN(Cc2[nH]c3ccc(C)cc3c2C)CC1. The molecule has 5 heteroatoms. The molecular weight excluding hydrogens is 384 g/mol. The van der Waals surface area contributed by atoms with E-state index in [4.69, 9.17) is 0 Å². The molecule has 1 aromatic carbocycles. The van der Waals surface area contributed by atoms with Crippen LogP contribution in [0.5, 0.6) is 0 Å². The van der Waals surface area contributed by atoms with Gasteiger partial charge in [-0.25, -0.2) is 0 Å². The van der Waals surface area contributed by atoms with E-state index in [1.54, 1.807) is 0 Å². The second-order valence-corrected chi connectivity index (χ2v) is 9.76. The van der Waals surface area contributed by atoms with Crippen molar-refractivity contribution in [3.8, 4) is 0 Å². The molecule has 3 heterocycles. The van der Waals surface area contributed by atoms with Crippen LogP contribution in [0.25, 0.3) is 10.9 Å². The molecule has 2 aliphatic heterocycles. The second kappa shape index (κ2) is 10.2. The van der Waals surface area contributed by atoms with Crippen LogP contribution in [-0.2, 0) is 11.3 Å². The van der Waals surface area contributed by atoms with Crippen LogP contribution in [0.3, 0.4) is 0 Å². The van der Waals surface area contributed by atoms with Crippen LogP contribution in [0.1, 0.15) is 62.3 Å². The summed E-state index contributed by atoms with van der Waals surface area (Å²) in [6.07, 6.45) is 6.62. The highest BCUT2D eigenvalue weighted by molar-refractivity contribution is 5.85. The maximum Gasteiger partial charge on any atom is 0.220 e. The number of nitrogens with one attached hydrogen (secondary N) is 2. The van der Waals surface area contributed by atoms with E-state index in [1.165, 1.54) is 60.0 Å². The smallest absolute Gasteiger partial charge is 0.220 e. The molecule has 2 saturated heterocycles. The average molecular weight is 425 g/mol. The van der Waals surface area contributed by atoms with Crippen molar-refractivity contribution < 1.29 is 4.79 Å². The molecule has 170 valence electrons. The standard InChI is InChI=1S/C26H40N4O/c1-4-30-13-5-6-22(30)17-27-26(31)10-8-21-11-14-29(15-12-21)18-25-20(3)23-16-19(2)7-9-24(23)28-25/h7,9,16,21-22,28H,4-6,8,10-15,17-18H2,1-3H3,(H,27,31)/t22-/m1/s1. The molecule has 2 N–H and O–H groups in total. The molecule has 0 aliphatic carbocycles. The maximum atomic E-state index is 12.3. The number of aryl methyl sites for hydroxylation is 2. The number of benzene rings is 1. The van der Waals surface area contributed by atoms with E-state index in [9.17, 15) is 4.79 Å². The minimum absolute atomic E-state index is 0.245. The van der Waals surface area contributed by atoms with Crippen molar-refractivity contribution in [2.45, 2.75) is 71.9 Å². The number of nitrogens with zero attached hydrogens (tertiary/aromatic N) is 2. The third kappa shape index (κ3) is 5.50. The molecule has 1 aromatic heterocycles. The van der Waals surface area contributed by atoms with E-state index in [2.05, 4.69) is 59.1 Å². The van der Waals surface area contributed by atoms with E-state index in [1.807, 2.05) is 0 Å². The largest absolute Gasteiger partial charge is 0.357 e. The lowest BCUT2D eigenvalue weighted by Crippen LogP contribution is -2.40. The van der Waals surface area contributed by atoms with Crippen LogP contribution in [0.2, 0.25) is 0 Å². The van der Waals surface area contributed by atoms with Gasteiger partial charge in [-0.2, -0.15) is 0 Å². The quantitative estimate of drug-likeness (QED) is 0.661. The highest BCUT2D eigenvalue weighted by atomic mass is 16.1. The van der Waals surface area contributed by atoms with Crippen molar-refractivity contribution in [3.05, 3.63) is 35.0 Å².